The zero-order chi connectivity index (χ0) is 25.1. The SMILES string of the molecule is COc1cc([C@H]2C(=C(O)c3ccc(F)cc3)C(=O)C(=O)N2Cc2cccnc2)cc(OC)c1OC. The minimum atomic E-state index is -0.992. The van der Waals surface area contributed by atoms with Gasteiger partial charge in [0.05, 0.1) is 32.9 Å². The fourth-order valence-corrected chi connectivity index (χ4v) is 4.10. The molecule has 9 heteroatoms. The molecule has 0 unspecified atom stereocenters. The number of carbonyl (C=O) groups is 2. The average molecular weight is 478 g/mol. The van der Waals surface area contributed by atoms with Crippen LogP contribution >= 0.6 is 0 Å². The highest BCUT2D eigenvalue weighted by Gasteiger charge is 2.46. The summed E-state index contributed by atoms with van der Waals surface area (Å²) in [6.45, 7) is 0.0555. The summed E-state index contributed by atoms with van der Waals surface area (Å²) in [6.07, 6.45) is 3.19. The van der Waals surface area contributed by atoms with Crippen molar-refractivity contribution in [3.05, 3.63) is 89.0 Å². The quantitative estimate of drug-likeness (QED) is 0.313. The van der Waals surface area contributed by atoms with E-state index in [9.17, 15) is 19.1 Å². The summed E-state index contributed by atoms with van der Waals surface area (Å²) in [7, 11) is 4.36. The third-order valence-corrected chi connectivity index (χ3v) is 5.74. The van der Waals surface area contributed by atoms with E-state index in [-0.39, 0.29) is 17.7 Å². The number of likely N-dealkylation sites (tertiary alicyclic amines) is 1. The molecule has 8 nitrogen and oxygen atoms in total. The molecule has 1 saturated heterocycles. The number of hydrogen-bond donors (Lipinski definition) is 1. The van der Waals surface area contributed by atoms with Crippen molar-refractivity contribution in [3.63, 3.8) is 0 Å². The van der Waals surface area contributed by atoms with Gasteiger partial charge in [0, 0.05) is 24.5 Å². The molecule has 35 heavy (non-hydrogen) atoms. The second-order valence-electron chi connectivity index (χ2n) is 7.75. The van der Waals surface area contributed by atoms with Crippen LogP contribution in [0.1, 0.15) is 22.7 Å². The Bertz CT molecular complexity index is 1270. The Morgan fingerprint density at radius 2 is 1.69 bits per heavy atom. The molecule has 180 valence electrons. The standard InChI is InChI=1S/C26H23FN2O6/c1-33-19-11-17(12-20(34-2)25(19)35-3)22-21(23(30)16-6-8-18(27)9-7-16)24(31)26(32)29(22)14-15-5-4-10-28-13-15/h4-13,22,30H,14H2,1-3H3/t22-/m0/s1. The van der Waals surface area contributed by atoms with Gasteiger partial charge in [0.1, 0.15) is 11.6 Å². The minimum Gasteiger partial charge on any atom is -0.507 e. The lowest BCUT2D eigenvalue weighted by atomic mass is 9.94. The molecule has 0 bridgehead atoms. The zero-order valence-corrected chi connectivity index (χ0v) is 19.3. The molecule has 0 saturated carbocycles. The summed E-state index contributed by atoms with van der Waals surface area (Å²) in [6, 6.07) is 10.7. The van der Waals surface area contributed by atoms with Crippen LogP contribution in [0.5, 0.6) is 17.2 Å². The van der Waals surface area contributed by atoms with Crippen molar-refractivity contribution in [3.8, 4) is 17.2 Å². The van der Waals surface area contributed by atoms with Gasteiger partial charge in [-0.1, -0.05) is 6.07 Å². The largest absolute Gasteiger partial charge is 0.507 e. The maximum Gasteiger partial charge on any atom is 0.295 e. The predicted molar refractivity (Wildman–Crippen MR) is 125 cm³/mol. The Labute approximate surface area is 201 Å². The van der Waals surface area contributed by atoms with E-state index in [2.05, 4.69) is 4.98 Å². The normalized spacial score (nSPS) is 16.9. The molecule has 2 aromatic carbocycles. The van der Waals surface area contributed by atoms with Crippen LogP contribution in [-0.4, -0.2) is 48.0 Å². The second-order valence-corrected chi connectivity index (χ2v) is 7.75. The van der Waals surface area contributed by atoms with Crippen LogP contribution in [0.3, 0.4) is 0 Å². The number of aliphatic hydroxyl groups excluding tert-OH is 1. The van der Waals surface area contributed by atoms with Crippen molar-refractivity contribution >= 4 is 17.4 Å². The van der Waals surface area contributed by atoms with Gasteiger partial charge >= 0.3 is 0 Å². The van der Waals surface area contributed by atoms with Gasteiger partial charge < -0.3 is 24.2 Å². The summed E-state index contributed by atoms with van der Waals surface area (Å²) in [5.74, 6) is -1.62. The van der Waals surface area contributed by atoms with E-state index < -0.39 is 29.3 Å². The highest BCUT2D eigenvalue weighted by atomic mass is 19.1. The molecule has 1 amide bonds. The summed E-state index contributed by atoms with van der Waals surface area (Å²) in [5.41, 5.74) is 1.20. The van der Waals surface area contributed by atoms with Crippen molar-refractivity contribution < 1.29 is 33.3 Å². The van der Waals surface area contributed by atoms with Gasteiger partial charge in [0.2, 0.25) is 5.75 Å². The van der Waals surface area contributed by atoms with E-state index in [0.717, 1.165) is 12.1 Å². The Kier molecular flexibility index (Phi) is 6.68. The molecular weight excluding hydrogens is 455 g/mol. The van der Waals surface area contributed by atoms with Gasteiger partial charge in [-0.05, 0) is 53.6 Å². The molecule has 2 heterocycles. The number of aliphatic hydroxyl groups is 1. The first kappa shape index (κ1) is 23.7. The van der Waals surface area contributed by atoms with Crippen LogP contribution in [0.15, 0.2) is 66.5 Å². The number of aromatic nitrogens is 1. The Morgan fingerprint density at radius 1 is 1.03 bits per heavy atom. The number of ether oxygens (including phenoxy) is 3. The molecule has 4 rings (SSSR count). The Hall–Kier alpha value is -4.40. The maximum atomic E-state index is 13.5. The molecule has 1 fully saturated rings. The summed E-state index contributed by atoms with van der Waals surface area (Å²) >= 11 is 0. The van der Waals surface area contributed by atoms with Crippen molar-refractivity contribution in [2.45, 2.75) is 12.6 Å². The number of amides is 1. The van der Waals surface area contributed by atoms with Crippen LogP contribution in [0.4, 0.5) is 4.39 Å². The molecule has 1 aromatic heterocycles. The molecule has 1 N–H and O–H groups in total. The van der Waals surface area contributed by atoms with Crippen LogP contribution in [-0.2, 0) is 16.1 Å². The number of pyridine rings is 1. The zero-order valence-electron chi connectivity index (χ0n) is 19.3. The number of nitrogens with zero attached hydrogens (tertiary/aromatic N) is 2. The van der Waals surface area contributed by atoms with Crippen LogP contribution in [0, 0.1) is 5.82 Å². The molecule has 1 aliphatic rings. The van der Waals surface area contributed by atoms with E-state index >= 15 is 0 Å². The number of ketones is 1. The van der Waals surface area contributed by atoms with Crippen molar-refractivity contribution in [1.29, 1.82) is 0 Å². The van der Waals surface area contributed by atoms with E-state index in [4.69, 9.17) is 14.2 Å². The van der Waals surface area contributed by atoms with Crippen LogP contribution in [0.25, 0.3) is 5.76 Å². The summed E-state index contributed by atoms with van der Waals surface area (Å²) in [4.78, 5) is 31.8. The highest BCUT2D eigenvalue weighted by Crippen LogP contribution is 2.46. The lowest BCUT2D eigenvalue weighted by Gasteiger charge is -2.26. The summed E-state index contributed by atoms with van der Waals surface area (Å²) < 4.78 is 29.8. The Morgan fingerprint density at radius 3 is 2.23 bits per heavy atom. The number of halogens is 1. The summed E-state index contributed by atoms with van der Waals surface area (Å²) in [5, 5.41) is 11.1. The van der Waals surface area contributed by atoms with Crippen molar-refractivity contribution in [2.24, 2.45) is 0 Å². The monoisotopic (exact) mass is 478 g/mol. The molecule has 0 spiro atoms. The van der Waals surface area contributed by atoms with E-state index in [1.807, 2.05) is 0 Å². The van der Waals surface area contributed by atoms with E-state index in [1.54, 1.807) is 36.7 Å². The Balaban J connectivity index is 1.94. The number of hydrogen-bond acceptors (Lipinski definition) is 7. The van der Waals surface area contributed by atoms with Gasteiger partial charge in [0.15, 0.2) is 11.5 Å². The second kappa shape index (κ2) is 9.84. The van der Waals surface area contributed by atoms with Gasteiger partial charge in [-0.15, -0.1) is 0 Å². The average Bonchev–Trinajstić information content (AvgIpc) is 3.13. The highest BCUT2D eigenvalue weighted by molar-refractivity contribution is 6.46. The van der Waals surface area contributed by atoms with Gasteiger partial charge in [0.25, 0.3) is 11.7 Å². The molecule has 1 aliphatic heterocycles. The number of Topliss-reactive ketones (excluding diaryl/α,β-unsaturated/α-hetero) is 1. The third-order valence-electron chi connectivity index (χ3n) is 5.74. The van der Waals surface area contributed by atoms with E-state index in [0.29, 0.717) is 28.4 Å². The first-order chi connectivity index (χ1) is 16.9. The molecule has 3 aromatic rings. The van der Waals surface area contributed by atoms with Crippen LogP contribution < -0.4 is 14.2 Å². The van der Waals surface area contributed by atoms with Gasteiger partial charge in [-0.2, -0.15) is 0 Å². The lowest BCUT2D eigenvalue weighted by Crippen LogP contribution is -2.29. The smallest absolute Gasteiger partial charge is 0.295 e. The first-order valence-electron chi connectivity index (χ1n) is 10.6. The van der Waals surface area contributed by atoms with Crippen LogP contribution in [0.2, 0.25) is 0 Å². The molecular formula is C26H23FN2O6. The number of methoxy groups -OCH3 is 3. The van der Waals surface area contributed by atoms with Crippen molar-refractivity contribution in [2.75, 3.05) is 21.3 Å². The topological polar surface area (TPSA) is 98.2 Å². The predicted octanol–water partition coefficient (Wildman–Crippen LogP) is 3.87. The van der Waals surface area contributed by atoms with E-state index in [1.165, 1.54) is 38.4 Å². The fourth-order valence-electron chi connectivity index (χ4n) is 4.10. The number of rotatable bonds is 7. The molecule has 0 aliphatic carbocycles. The van der Waals surface area contributed by atoms with Crippen molar-refractivity contribution in [1.82, 2.24) is 9.88 Å². The first-order valence-corrected chi connectivity index (χ1v) is 10.6. The molecule has 0 radical (unpaired) electrons. The third kappa shape index (κ3) is 4.40. The molecule has 1 atom stereocenters. The van der Waals surface area contributed by atoms with Gasteiger partial charge in [-0.3, -0.25) is 14.6 Å². The maximum absolute atomic E-state index is 13.5. The lowest BCUT2D eigenvalue weighted by molar-refractivity contribution is -0.140. The number of carbonyl (C=O) groups excluding carboxylic acids is 2. The van der Waals surface area contributed by atoms with Gasteiger partial charge in [-0.25, -0.2) is 4.39 Å². The fraction of sp³-hybridized carbons (Fsp3) is 0.192. The number of benzene rings is 2. The minimum absolute atomic E-state index is 0.0555.